The Balaban J connectivity index is 1.52. The summed E-state index contributed by atoms with van der Waals surface area (Å²) in [5.74, 6) is 0.367. The van der Waals surface area contributed by atoms with Crippen LogP contribution in [0.2, 0.25) is 0 Å². The van der Waals surface area contributed by atoms with Crippen molar-refractivity contribution >= 4 is 28.9 Å². The maximum absolute atomic E-state index is 13.0. The fourth-order valence-corrected chi connectivity index (χ4v) is 4.12. The molecule has 164 valence electrons. The van der Waals surface area contributed by atoms with Crippen molar-refractivity contribution in [2.75, 3.05) is 23.9 Å². The predicted molar refractivity (Wildman–Crippen MR) is 126 cm³/mol. The molecule has 3 aromatic rings. The Labute approximate surface area is 188 Å². The molecule has 1 aliphatic heterocycles. The molecule has 0 radical (unpaired) electrons. The number of nitrogens with zero attached hydrogens (tertiary/aromatic N) is 1. The first-order valence-corrected chi connectivity index (χ1v) is 10.7. The van der Waals surface area contributed by atoms with Crippen LogP contribution in [0, 0.1) is 0 Å². The Bertz CT molecular complexity index is 1110. The lowest BCUT2D eigenvalue weighted by Crippen LogP contribution is -2.30. The van der Waals surface area contributed by atoms with Crippen molar-refractivity contribution in [1.29, 1.82) is 0 Å². The van der Waals surface area contributed by atoms with Gasteiger partial charge in [-0.1, -0.05) is 42.5 Å². The minimum atomic E-state index is -0.432. The molecule has 32 heavy (non-hydrogen) atoms. The highest BCUT2D eigenvalue weighted by molar-refractivity contribution is 5.96. The van der Waals surface area contributed by atoms with Gasteiger partial charge >= 0.3 is 0 Å². The Hall–Kier alpha value is -3.80. The molecule has 6 nitrogen and oxygen atoms in total. The van der Waals surface area contributed by atoms with Gasteiger partial charge in [-0.05, 0) is 47.9 Å². The molecular formula is C26H27N3O3. The first-order valence-electron chi connectivity index (χ1n) is 10.7. The lowest BCUT2D eigenvalue weighted by atomic mass is 10.0. The van der Waals surface area contributed by atoms with Crippen molar-refractivity contribution in [1.82, 2.24) is 5.32 Å². The van der Waals surface area contributed by atoms with E-state index in [1.54, 1.807) is 7.11 Å². The SMILES string of the molecule is COc1ccc([C@H](CC(=O)Nc2ccccc2N2CCc3ccccc32)NC(C)=O)cc1. The van der Waals surface area contributed by atoms with Gasteiger partial charge in [0.15, 0.2) is 0 Å². The van der Waals surface area contributed by atoms with E-state index in [0.29, 0.717) is 0 Å². The normalized spacial score (nSPS) is 13.2. The first kappa shape index (κ1) is 21.4. The van der Waals surface area contributed by atoms with Crippen molar-refractivity contribution in [3.63, 3.8) is 0 Å². The third kappa shape index (κ3) is 4.75. The summed E-state index contributed by atoms with van der Waals surface area (Å²) in [6.07, 6.45) is 1.09. The number of nitrogens with one attached hydrogen (secondary N) is 2. The second-order valence-corrected chi connectivity index (χ2v) is 7.83. The van der Waals surface area contributed by atoms with Crippen LogP contribution in [0.25, 0.3) is 0 Å². The molecule has 1 heterocycles. The number of fused-ring (bicyclic) bond motifs is 1. The summed E-state index contributed by atoms with van der Waals surface area (Å²) < 4.78 is 5.21. The smallest absolute Gasteiger partial charge is 0.226 e. The summed E-state index contributed by atoms with van der Waals surface area (Å²) in [6.45, 7) is 2.32. The number of methoxy groups -OCH3 is 1. The van der Waals surface area contributed by atoms with Gasteiger partial charge < -0.3 is 20.3 Å². The number of benzene rings is 3. The number of hydrogen-bond acceptors (Lipinski definition) is 4. The van der Waals surface area contributed by atoms with Crippen LogP contribution in [0.1, 0.15) is 30.5 Å². The number of para-hydroxylation sites is 3. The van der Waals surface area contributed by atoms with Crippen LogP contribution in [-0.2, 0) is 16.0 Å². The number of anilines is 3. The highest BCUT2D eigenvalue weighted by Gasteiger charge is 2.23. The van der Waals surface area contributed by atoms with Crippen LogP contribution in [0.3, 0.4) is 0 Å². The zero-order valence-corrected chi connectivity index (χ0v) is 18.3. The first-order chi connectivity index (χ1) is 15.5. The van der Waals surface area contributed by atoms with E-state index < -0.39 is 6.04 Å². The second-order valence-electron chi connectivity index (χ2n) is 7.83. The summed E-state index contributed by atoms with van der Waals surface area (Å²) >= 11 is 0. The van der Waals surface area contributed by atoms with E-state index in [9.17, 15) is 9.59 Å². The van der Waals surface area contributed by atoms with Crippen LogP contribution in [0.15, 0.2) is 72.8 Å². The van der Waals surface area contributed by atoms with Crippen LogP contribution >= 0.6 is 0 Å². The summed E-state index contributed by atoms with van der Waals surface area (Å²) in [5, 5.41) is 5.94. The molecular weight excluding hydrogens is 402 g/mol. The molecule has 3 aromatic carbocycles. The summed E-state index contributed by atoms with van der Waals surface area (Å²) in [4.78, 5) is 27.0. The number of carbonyl (C=O) groups excluding carboxylic acids is 2. The number of rotatable bonds is 7. The quantitative estimate of drug-likeness (QED) is 0.576. The molecule has 0 spiro atoms. The van der Waals surface area contributed by atoms with Crippen LogP contribution in [0.4, 0.5) is 17.1 Å². The molecule has 2 amide bonds. The molecule has 0 saturated heterocycles. The molecule has 2 N–H and O–H groups in total. The molecule has 0 saturated carbocycles. The number of hydrogen-bond donors (Lipinski definition) is 2. The fraction of sp³-hybridized carbons (Fsp3) is 0.231. The van der Waals surface area contributed by atoms with Crippen LogP contribution < -0.4 is 20.3 Å². The zero-order chi connectivity index (χ0) is 22.5. The second kappa shape index (κ2) is 9.56. The van der Waals surface area contributed by atoms with Gasteiger partial charge in [0.25, 0.3) is 0 Å². The van der Waals surface area contributed by atoms with Crippen molar-refractivity contribution in [2.24, 2.45) is 0 Å². The monoisotopic (exact) mass is 429 g/mol. The fourth-order valence-electron chi connectivity index (χ4n) is 4.12. The van der Waals surface area contributed by atoms with Crippen molar-refractivity contribution in [3.05, 3.63) is 83.9 Å². The van der Waals surface area contributed by atoms with Gasteiger partial charge in [0.05, 0.1) is 30.9 Å². The number of ether oxygens (including phenoxy) is 1. The molecule has 0 unspecified atom stereocenters. The standard InChI is InChI=1S/C26H27N3O3/c1-18(30)27-23(19-11-13-21(32-2)14-12-19)17-26(31)28-22-8-4-6-10-25(22)29-16-15-20-7-3-5-9-24(20)29/h3-14,23H,15-17H2,1-2H3,(H,27,30)(H,28,31)/t23-/m0/s1. The minimum Gasteiger partial charge on any atom is -0.497 e. The Kier molecular flexibility index (Phi) is 6.40. The Morgan fingerprint density at radius 3 is 2.38 bits per heavy atom. The van der Waals surface area contributed by atoms with E-state index in [1.807, 2.05) is 54.6 Å². The molecule has 0 aliphatic carbocycles. The van der Waals surface area contributed by atoms with Gasteiger partial charge in [-0.15, -0.1) is 0 Å². The molecule has 0 aromatic heterocycles. The summed E-state index contributed by atoms with van der Waals surface area (Å²) in [7, 11) is 1.60. The average molecular weight is 430 g/mol. The van der Waals surface area contributed by atoms with Gasteiger partial charge in [0.1, 0.15) is 5.75 Å². The molecule has 6 heteroatoms. The molecule has 1 aliphatic rings. The zero-order valence-electron chi connectivity index (χ0n) is 18.3. The Morgan fingerprint density at radius 1 is 0.969 bits per heavy atom. The van der Waals surface area contributed by atoms with E-state index >= 15 is 0 Å². The Morgan fingerprint density at radius 2 is 1.66 bits per heavy atom. The topological polar surface area (TPSA) is 70.7 Å². The molecule has 4 rings (SSSR count). The maximum Gasteiger partial charge on any atom is 0.226 e. The molecule has 0 bridgehead atoms. The van der Waals surface area contributed by atoms with Crippen molar-refractivity contribution < 1.29 is 14.3 Å². The summed E-state index contributed by atoms with van der Waals surface area (Å²) in [6, 6.07) is 23.1. The van der Waals surface area contributed by atoms with Gasteiger partial charge in [-0.3, -0.25) is 9.59 Å². The van der Waals surface area contributed by atoms with Crippen LogP contribution in [-0.4, -0.2) is 25.5 Å². The third-order valence-corrected chi connectivity index (χ3v) is 5.64. The van der Waals surface area contributed by atoms with E-state index in [-0.39, 0.29) is 18.2 Å². The highest BCUT2D eigenvalue weighted by Crippen LogP contribution is 2.38. The van der Waals surface area contributed by atoms with Gasteiger partial charge in [-0.25, -0.2) is 0 Å². The number of carbonyl (C=O) groups is 2. The van der Waals surface area contributed by atoms with E-state index in [1.165, 1.54) is 18.2 Å². The predicted octanol–water partition coefficient (Wildman–Crippen LogP) is 4.60. The van der Waals surface area contributed by atoms with Gasteiger partial charge in [0.2, 0.25) is 11.8 Å². The molecule has 0 fully saturated rings. The van der Waals surface area contributed by atoms with Crippen molar-refractivity contribution in [2.45, 2.75) is 25.8 Å². The molecule has 1 atom stereocenters. The minimum absolute atomic E-state index is 0.122. The van der Waals surface area contributed by atoms with E-state index in [4.69, 9.17) is 4.74 Å². The lowest BCUT2D eigenvalue weighted by molar-refractivity contribution is -0.120. The average Bonchev–Trinajstić information content (AvgIpc) is 3.23. The van der Waals surface area contributed by atoms with Crippen LogP contribution in [0.5, 0.6) is 5.75 Å². The number of amides is 2. The van der Waals surface area contributed by atoms with Gasteiger partial charge in [0, 0.05) is 19.2 Å². The van der Waals surface area contributed by atoms with E-state index in [2.05, 4.69) is 33.7 Å². The lowest BCUT2D eigenvalue weighted by Gasteiger charge is -2.24. The van der Waals surface area contributed by atoms with Crippen molar-refractivity contribution in [3.8, 4) is 5.75 Å². The third-order valence-electron chi connectivity index (χ3n) is 5.64. The van der Waals surface area contributed by atoms with Gasteiger partial charge in [-0.2, -0.15) is 0 Å². The summed E-state index contributed by atoms with van der Waals surface area (Å²) in [5.41, 5.74) is 5.04. The largest absolute Gasteiger partial charge is 0.497 e. The van der Waals surface area contributed by atoms with E-state index in [0.717, 1.165) is 35.7 Å². The highest BCUT2D eigenvalue weighted by atomic mass is 16.5. The maximum atomic E-state index is 13.0.